The van der Waals surface area contributed by atoms with E-state index in [2.05, 4.69) is 16.2 Å². The van der Waals surface area contributed by atoms with E-state index in [-0.39, 0.29) is 0 Å². The maximum atomic E-state index is 8.76. The van der Waals surface area contributed by atoms with E-state index >= 15 is 0 Å². The Balaban J connectivity index is 2.92. The topological polar surface area (TPSA) is 54.0 Å². The summed E-state index contributed by atoms with van der Waals surface area (Å²) in [5.74, 6) is 0. The minimum atomic E-state index is 0.520. The van der Waals surface area contributed by atoms with Crippen molar-refractivity contribution in [1.29, 1.82) is 5.26 Å². The van der Waals surface area contributed by atoms with Crippen molar-refractivity contribution in [2.75, 3.05) is 0 Å². The van der Waals surface area contributed by atoms with Crippen molar-refractivity contribution in [3.63, 3.8) is 0 Å². The molecule has 0 amide bonds. The zero-order valence-corrected chi connectivity index (χ0v) is 7.44. The maximum absolute atomic E-state index is 8.76. The van der Waals surface area contributed by atoms with Crippen LogP contribution in [0.1, 0.15) is 17.0 Å². The number of fused-ring (bicyclic) bond motifs is 1. The molecular formula is C9H8N4. The summed E-state index contributed by atoms with van der Waals surface area (Å²) in [6.45, 7) is 3.84. The molecule has 64 valence electrons. The Bertz CT molecular complexity index is 504. The molecule has 0 N–H and O–H groups in total. The second-order valence-corrected chi connectivity index (χ2v) is 2.94. The van der Waals surface area contributed by atoms with Crippen LogP contribution in [0.3, 0.4) is 0 Å². The first-order valence-electron chi connectivity index (χ1n) is 3.94. The molecule has 2 aromatic heterocycles. The van der Waals surface area contributed by atoms with Crippen molar-refractivity contribution in [3.05, 3.63) is 29.2 Å². The molecule has 0 radical (unpaired) electrons. The fourth-order valence-corrected chi connectivity index (χ4v) is 1.35. The number of hydrogen-bond acceptors (Lipinski definition) is 3. The minimum absolute atomic E-state index is 0.520. The first-order valence-corrected chi connectivity index (χ1v) is 3.94. The molecule has 13 heavy (non-hydrogen) atoms. The fraction of sp³-hybridized carbons (Fsp3) is 0.222. The Morgan fingerprint density at radius 1 is 1.46 bits per heavy atom. The van der Waals surface area contributed by atoms with Crippen LogP contribution in [0, 0.1) is 25.2 Å². The Morgan fingerprint density at radius 2 is 2.23 bits per heavy atom. The van der Waals surface area contributed by atoms with Gasteiger partial charge in [-0.2, -0.15) is 10.4 Å². The lowest BCUT2D eigenvalue weighted by atomic mass is 10.3. The van der Waals surface area contributed by atoms with Gasteiger partial charge in [0, 0.05) is 11.4 Å². The number of nitriles is 1. The van der Waals surface area contributed by atoms with Crippen molar-refractivity contribution in [1.82, 2.24) is 14.6 Å². The van der Waals surface area contributed by atoms with E-state index in [1.165, 1.54) is 6.20 Å². The predicted octanol–water partition coefficient (Wildman–Crippen LogP) is 1.22. The van der Waals surface area contributed by atoms with Crippen LogP contribution in [0.2, 0.25) is 0 Å². The van der Waals surface area contributed by atoms with E-state index in [0.29, 0.717) is 11.2 Å². The normalized spacial score (nSPS) is 10.2. The fourth-order valence-electron chi connectivity index (χ4n) is 1.35. The van der Waals surface area contributed by atoms with Gasteiger partial charge in [-0.1, -0.05) is 0 Å². The molecule has 4 heteroatoms. The molecule has 0 aliphatic rings. The summed E-state index contributed by atoms with van der Waals surface area (Å²) >= 11 is 0. The number of rotatable bonds is 0. The molecule has 0 saturated heterocycles. The van der Waals surface area contributed by atoms with Crippen LogP contribution in [0.15, 0.2) is 12.3 Å². The molecule has 2 aromatic rings. The molecular weight excluding hydrogens is 164 g/mol. The van der Waals surface area contributed by atoms with E-state index in [9.17, 15) is 0 Å². The second kappa shape index (κ2) is 2.56. The van der Waals surface area contributed by atoms with Crippen molar-refractivity contribution in [2.45, 2.75) is 13.8 Å². The molecule has 0 atom stereocenters. The van der Waals surface area contributed by atoms with Crippen molar-refractivity contribution in [3.8, 4) is 6.07 Å². The number of aromatic nitrogens is 3. The molecule has 0 aromatic carbocycles. The summed E-state index contributed by atoms with van der Waals surface area (Å²) < 4.78 is 1.67. The Hall–Kier alpha value is -1.89. The monoisotopic (exact) mass is 172 g/mol. The van der Waals surface area contributed by atoms with Gasteiger partial charge in [0.25, 0.3) is 0 Å². The van der Waals surface area contributed by atoms with Crippen LogP contribution in [0.5, 0.6) is 0 Å². The zero-order valence-electron chi connectivity index (χ0n) is 7.44. The summed E-state index contributed by atoms with van der Waals surface area (Å²) in [4.78, 5) is 4.25. The molecule has 2 rings (SSSR count). The van der Waals surface area contributed by atoms with Crippen LogP contribution in [-0.4, -0.2) is 14.6 Å². The number of hydrogen-bond donors (Lipinski definition) is 0. The zero-order chi connectivity index (χ0) is 9.42. The maximum Gasteiger partial charge on any atom is 0.173 e. The van der Waals surface area contributed by atoms with Crippen LogP contribution in [0.25, 0.3) is 5.65 Å². The third-order valence-electron chi connectivity index (χ3n) is 1.90. The first kappa shape index (κ1) is 7.74. The predicted molar refractivity (Wildman–Crippen MR) is 47.2 cm³/mol. The average Bonchev–Trinajstić information content (AvgIpc) is 2.47. The van der Waals surface area contributed by atoms with Gasteiger partial charge >= 0.3 is 0 Å². The van der Waals surface area contributed by atoms with E-state index in [1.807, 2.05) is 19.9 Å². The van der Waals surface area contributed by atoms with Crippen molar-refractivity contribution >= 4 is 5.65 Å². The molecule has 0 unspecified atom stereocenters. The van der Waals surface area contributed by atoms with Gasteiger partial charge in [-0.15, -0.1) is 0 Å². The molecule has 0 bridgehead atoms. The molecule has 0 fully saturated rings. The van der Waals surface area contributed by atoms with E-state index in [4.69, 9.17) is 5.26 Å². The SMILES string of the molecule is Cc1cc(C)n2ncc(C#N)c2n1. The molecule has 0 saturated carbocycles. The van der Waals surface area contributed by atoms with E-state index in [1.54, 1.807) is 4.52 Å². The lowest BCUT2D eigenvalue weighted by Gasteiger charge is -1.99. The largest absolute Gasteiger partial charge is 0.233 e. The van der Waals surface area contributed by atoms with Gasteiger partial charge in [0.05, 0.1) is 6.20 Å². The van der Waals surface area contributed by atoms with Gasteiger partial charge < -0.3 is 0 Å². The summed E-state index contributed by atoms with van der Waals surface area (Å²) in [5.41, 5.74) is 3.05. The summed E-state index contributed by atoms with van der Waals surface area (Å²) in [5, 5.41) is 12.8. The second-order valence-electron chi connectivity index (χ2n) is 2.94. The van der Waals surface area contributed by atoms with E-state index in [0.717, 1.165) is 11.4 Å². The highest BCUT2D eigenvalue weighted by Gasteiger charge is 2.06. The van der Waals surface area contributed by atoms with Crippen LogP contribution < -0.4 is 0 Å². The standard InChI is InChI=1S/C9H8N4/c1-6-3-7(2)13-9(12-6)8(4-10)5-11-13/h3,5H,1-2H3. The lowest BCUT2D eigenvalue weighted by molar-refractivity contribution is 0.886. The van der Waals surface area contributed by atoms with Gasteiger partial charge in [0.1, 0.15) is 11.6 Å². The molecule has 0 aliphatic heterocycles. The summed E-state index contributed by atoms with van der Waals surface area (Å²) in [7, 11) is 0. The van der Waals surface area contributed by atoms with Crippen LogP contribution >= 0.6 is 0 Å². The molecule has 4 nitrogen and oxygen atoms in total. The molecule has 0 aliphatic carbocycles. The third-order valence-corrected chi connectivity index (χ3v) is 1.90. The lowest BCUT2D eigenvalue weighted by Crippen LogP contribution is -1.97. The van der Waals surface area contributed by atoms with Gasteiger partial charge in [0.2, 0.25) is 0 Å². The first-order chi connectivity index (χ1) is 6.22. The van der Waals surface area contributed by atoms with Gasteiger partial charge in [-0.3, -0.25) is 0 Å². The van der Waals surface area contributed by atoms with Gasteiger partial charge in [-0.25, -0.2) is 9.50 Å². The van der Waals surface area contributed by atoms with Crippen LogP contribution in [0.4, 0.5) is 0 Å². The third kappa shape index (κ3) is 1.05. The van der Waals surface area contributed by atoms with Crippen molar-refractivity contribution in [2.24, 2.45) is 0 Å². The number of aryl methyl sites for hydroxylation is 2. The minimum Gasteiger partial charge on any atom is -0.233 e. The van der Waals surface area contributed by atoms with Gasteiger partial charge in [0.15, 0.2) is 5.65 Å². The Morgan fingerprint density at radius 3 is 2.92 bits per heavy atom. The smallest absolute Gasteiger partial charge is 0.173 e. The highest BCUT2D eigenvalue weighted by molar-refractivity contribution is 5.54. The Labute approximate surface area is 75.4 Å². The average molecular weight is 172 g/mol. The van der Waals surface area contributed by atoms with Crippen LogP contribution in [-0.2, 0) is 0 Å². The molecule has 2 heterocycles. The Kier molecular flexibility index (Phi) is 1.52. The summed E-state index contributed by atoms with van der Waals surface area (Å²) in [6, 6.07) is 3.99. The van der Waals surface area contributed by atoms with Crippen molar-refractivity contribution < 1.29 is 0 Å². The summed E-state index contributed by atoms with van der Waals surface area (Å²) in [6.07, 6.45) is 1.54. The highest BCUT2D eigenvalue weighted by atomic mass is 15.2. The number of nitrogens with zero attached hydrogens (tertiary/aromatic N) is 4. The quantitative estimate of drug-likeness (QED) is 0.600. The van der Waals surface area contributed by atoms with Gasteiger partial charge in [-0.05, 0) is 19.9 Å². The molecule has 0 spiro atoms. The van der Waals surface area contributed by atoms with E-state index < -0.39 is 0 Å². The highest BCUT2D eigenvalue weighted by Crippen LogP contribution is 2.09.